The summed E-state index contributed by atoms with van der Waals surface area (Å²) in [5.74, 6) is -2.64. The predicted octanol–water partition coefficient (Wildman–Crippen LogP) is 3.64. The van der Waals surface area contributed by atoms with Crippen LogP contribution in [0.2, 0.25) is 0 Å². The number of halogens is 2. The van der Waals surface area contributed by atoms with E-state index < -0.39 is 30.3 Å². The second-order valence-corrected chi connectivity index (χ2v) is 6.60. The van der Waals surface area contributed by atoms with Crippen molar-refractivity contribution in [3.05, 3.63) is 77.4 Å². The molecule has 1 fully saturated rings. The van der Waals surface area contributed by atoms with Crippen LogP contribution in [-0.2, 0) is 4.74 Å². The summed E-state index contributed by atoms with van der Waals surface area (Å²) in [5, 5.41) is 12.3. The van der Waals surface area contributed by atoms with Gasteiger partial charge >= 0.3 is 6.09 Å². The smallest absolute Gasteiger partial charge is 0.407 e. The Morgan fingerprint density at radius 3 is 2.71 bits per heavy atom. The van der Waals surface area contributed by atoms with Gasteiger partial charge in [-0.15, -0.1) is 0 Å². The largest absolute Gasteiger partial charge is 0.447 e. The molecule has 0 radical (unpaired) electrons. The molecule has 0 aromatic heterocycles. The monoisotopic (exact) mass is 387 g/mol. The minimum absolute atomic E-state index is 0.0192. The molecule has 2 N–H and O–H groups in total. The number of aliphatic hydroxyl groups excluding tert-OH is 1. The third-order valence-electron chi connectivity index (χ3n) is 4.64. The third-order valence-corrected chi connectivity index (χ3v) is 4.64. The number of ketones is 1. The van der Waals surface area contributed by atoms with Gasteiger partial charge in [-0.05, 0) is 35.8 Å². The van der Waals surface area contributed by atoms with Crippen molar-refractivity contribution in [3.63, 3.8) is 0 Å². The molecular formula is C21H19F2NO4. The van der Waals surface area contributed by atoms with Gasteiger partial charge in [0.15, 0.2) is 5.78 Å². The van der Waals surface area contributed by atoms with E-state index in [0.29, 0.717) is 11.1 Å². The first-order valence-electron chi connectivity index (χ1n) is 8.70. The van der Waals surface area contributed by atoms with Crippen molar-refractivity contribution in [2.45, 2.75) is 12.5 Å². The van der Waals surface area contributed by atoms with E-state index in [9.17, 15) is 23.5 Å². The molecule has 1 saturated heterocycles. The molecule has 5 nitrogen and oxygen atoms in total. The Bertz CT molecular complexity index is 928. The average Bonchev–Trinajstić information content (AvgIpc) is 3.12. The molecule has 3 rings (SSSR count). The van der Waals surface area contributed by atoms with Crippen molar-refractivity contribution in [2.75, 3.05) is 13.2 Å². The topological polar surface area (TPSA) is 75.6 Å². The number of hydrogen-bond acceptors (Lipinski definition) is 4. The summed E-state index contributed by atoms with van der Waals surface area (Å²) in [5.41, 5.74) is 1.45. The van der Waals surface area contributed by atoms with E-state index in [1.54, 1.807) is 24.3 Å². The first-order valence-corrected chi connectivity index (χ1v) is 8.70. The first kappa shape index (κ1) is 19.7. The van der Waals surface area contributed by atoms with Gasteiger partial charge in [-0.25, -0.2) is 13.6 Å². The number of hydrogen-bond donors (Lipinski definition) is 2. The van der Waals surface area contributed by atoms with E-state index in [2.05, 4.69) is 11.9 Å². The summed E-state index contributed by atoms with van der Waals surface area (Å²) in [6.45, 7) is 3.50. The van der Waals surface area contributed by atoms with Gasteiger partial charge in [-0.2, -0.15) is 0 Å². The van der Waals surface area contributed by atoms with Crippen LogP contribution >= 0.6 is 0 Å². The van der Waals surface area contributed by atoms with Crippen LogP contribution < -0.4 is 5.32 Å². The maximum atomic E-state index is 13.9. The maximum Gasteiger partial charge on any atom is 0.407 e. The quantitative estimate of drug-likeness (QED) is 0.712. The van der Waals surface area contributed by atoms with Gasteiger partial charge in [0.1, 0.15) is 18.2 Å². The molecule has 0 aliphatic carbocycles. The van der Waals surface area contributed by atoms with Gasteiger partial charge in [0.05, 0.1) is 12.6 Å². The molecule has 2 unspecified atom stereocenters. The molecule has 1 aliphatic heterocycles. The van der Waals surface area contributed by atoms with Crippen molar-refractivity contribution >= 4 is 17.4 Å². The SMILES string of the molecule is C=C(CC(CO)C(=O)c1cccc(C2COC(=O)N2)c1)c1ccc(F)cc1F. The van der Waals surface area contributed by atoms with E-state index in [4.69, 9.17) is 4.74 Å². The molecule has 2 aromatic rings. The second kappa shape index (κ2) is 8.31. The van der Waals surface area contributed by atoms with Gasteiger partial charge in [-0.3, -0.25) is 4.79 Å². The van der Waals surface area contributed by atoms with Gasteiger partial charge in [0.25, 0.3) is 0 Å². The predicted molar refractivity (Wildman–Crippen MR) is 98.6 cm³/mol. The van der Waals surface area contributed by atoms with Crippen molar-refractivity contribution in [1.29, 1.82) is 0 Å². The van der Waals surface area contributed by atoms with Gasteiger partial charge in [-0.1, -0.05) is 24.8 Å². The summed E-state index contributed by atoms with van der Waals surface area (Å²) in [6, 6.07) is 9.44. The molecule has 0 spiro atoms. The molecule has 2 aromatic carbocycles. The van der Waals surface area contributed by atoms with Crippen molar-refractivity contribution in [1.82, 2.24) is 5.32 Å². The Hall–Kier alpha value is -3.06. The highest BCUT2D eigenvalue weighted by Gasteiger charge is 2.26. The van der Waals surface area contributed by atoms with Crippen LogP contribution in [0.3, 0.4) is 0 Å². The minimum atomic E-state index is -0.832. The van der Waals surface area contributed by atoms with Crippen LogP contribution in [0.5, 0.6) is 0 Å². The van der Waals surface area contributed by atoms with Crippen LogP contribution in [0, 0.1) is 17.6 Å². The number of carbonyl (C=O) groups excluding carboxylic acids is 2. The zero-order valence-corrected chi connectivity index (χ0v) is 15.0. The molecule has 2 atom stereocenters. The lowest BCUT2D eigenvalue weighted by Gasteiger charge is -2.17. The average molecular weight is 387 g/mol. The number of cyclic esters (lactones) is 1. The molecule has 0 bridgehead atoms. The van der Waals surface area contributed by atoms with Gasteiger partial charge < -0.3 is 15.2 Å². The van der Waals surface area contributed by atoms with Gasteiger partial charge in [0, 0.05) is 23.1 Å². The Morgan fingerprint density at radius 1 is 1.29 bits per heavy atom. The van der Waals surface area contributed by atoms with Crippen LogP contribution in [0.1, 0.15) is 33.9 Å². The highest BCUT2D eigenvalue weighted by Crippen LogP contribution is 2.27. The molecule has 1 heterocycles. The lowest BCUT2D eigenvalue weighted by atomic mass is 9.88. The van der Waals surface area contributed by atoms with E-state index in [1.165, 1.54) is 6.07 Å². The number of ether oxygens (including phenoxy) is 1. The second-order valence-electron chi connectivity index (χ2n) is 6.60. The highest BCUT2D eigenvalue weighted by molar-refractivity contribution is 5.99. The summed E-state index contributed by atoms with van der Waals surface area (Å²) < 4.78 is 31.9. The van der Waals surface area contributed by atoms with Crippen molar-refractivity contribution in [3.8, 4) is 0 Å². The zero-order valence-electron chi connectivity index (χ0n) is 15.0. The van der Waals surface area contributed by atoms with E-state index >= 15 is 0 Å². The molecule has 146 valence electrons. The number of allylic oxidation sites excluding steroid dienone is 1. The van der Waals surface area contributed by atoms with Crippen molar-refractivity contribution in [2.24, 2.45) is 5.92 Å². The lowest BCUT2D eigenvalue weighted by molar-refractivity contribution is 0.0864. The standard InChI is InChI=1S/C21H19F2NO4/c1-12(17-6-5-16(22)9-18(17)23)7-15(10-25)20(26)14-4-2-3-13(8-14)19-11-28-21(27)24-19/h2-6,8-9,15,19,25H,1,7,10-11H2,(H,24,27). The van der Waals surface area contributed by atoms with Crippen LogP contribution in [0.15, 0.2) is 49.0 Å². The Morgan fingerprint density at radius 2 is 2.07 bits per heavy atom. The van der Waals surface area contributed by atoms with Crippen LogP contribution in [0.4, 0.5) is 13.6 Å². The van der Waals surface area contributed by atoms with Gasteiger partial charge in [0.2, 0.25) is 0 Å². The third kappa shape index (κ3) is 4.26. The number of amides is 1. The van der Waals surface area contributed by atoms with E-state index in [1.807, 2.05) is 0 Å². The maximum absolute atomic E-state index is 13.9. The number of alkyl carbamates (subject to hydrolysis) is 1. The number of aliphatic hydroxyl groups is 1. The van der Waals surface area contributed by atoms with Crippen LogP contribution in [0.25, 0.3) is 5.57 Å². The molecule has 0 saturated carbocycles. The Balaban J connectivity index is 1.76. The normalized spacial score (nSPS) is 17.0. The number of nitrogens with one attached hydrogen (secondary N) is 1. The first-order chi connectivity index (χ1) is 13.4. The minimum Gasteiger partial charge on any atom is -0.447 e. The molecular weight excluding hydrogens is 368 g/mol. The molecule has 1 amide bonds. The number of rotatable bonds is 7. The fourth-order valence-corrected chi connectivity index (χ4v) is 3.13. The summed E-state index contributed by atoms with van der Waals surface area (Å²) in [6.07, 6.45) is -0.502. The molecule has 7 heteroatoms. The van der Waals surface area contributed by atoms with E-state index in [0.717, 1.165) is 12.1 Å². The highest BCUT2D eigenvalue weighted by atomic mass is 19.1. The van der Waals surface area contributed by atoms with E-state index in [-0.39, 0.29) is 36.0 Å². The summed E-state index contributed by atoms with van der Waals surface area (Å²) in [7, 11) is 0. The number of benzene rings is 2. The Kier molecular flexibility index (Phi) is 5.84. The van der Waals surface area contributed by atoms with Crippen LogP contribution in [-0.4, -0.2) is 30.2 Å². The summed E-state index contributed by atoms with van der Waals surface area (Å²) >= 11 is 0. The number of carbonyl (C=O) groups is 2. The fraction of sp³-hybridized carbons (Fsp3) is 0.238. The lowest BCUT2D eigenvalue weighted by Crippen LogP contribution is -2.21. The number of Topliss-reactive ketones (excluding diaryl/α,β-unsaturated/α-hetero) is 1. The van der Waals surface area contributed by atoms with Crippen molar-refractivity contribution < 1.29 is 28.2 Å². The molecule has 28 heavy (non-hydrogen) atoms. The Labute approximate surface area is 160 Å². The summed E-state index contributed by atoms with van der Waals surface area (Å²) in [4.78, 5) is 24.0. The zero-order chi connectivity index (χ0) is 20.3. The molecule has 1 aliphatic rings. The fourth-order valence-electron chi connectivity index (χ4n) is 3.13.